The molecule has 0 radical (unpaired) electrons. The van der Waals surface area contributed by atoms with Gasteiger partial charge in [0.1, 0.15) is 22.7 Å². The molecule has 0 aliphatic carbocycles. The van der Waals surface area contributed by atoms with E-state index in [1.165, 1.54) is 16.9 Å². The second kappa shape index (κ2) is 7.73. The topological polar surface area (TPSA) is 86.3 Å². The van der Waals surface area contributed by atoms with E-state index in [1.807, 2.05) is 0 Å². The van der Waals surface area contributed by atoms with Crippen molar-refractivity contribution in [1.82, 2.24) is 19.9 Å². The van der Waals surface area contributed by atoms with Crippen molar-refractivity contribution >= 4 is 17.3 Å². The van der Waals surface area contributed by atoms with Gasteiger partial charge in [-0.05, 0) is 19.1 Å². The summed E-state index contributed by atoms with van der Waals surface area (Å²) in [6.45, 7) is 1.88. The van der Waals surface area contributed by atoms with Gasteiger partial charge in [-0.25, -0.2) is 9.67 Å². The van der Waals surface area contributed by atoms with Gasteiger partial charge in [0.25, 0.3) is 5.56 Å². The van der Waals surface area contributed by atoms with Crippen molar-refractivity contribution in [2.75, 3.05) is 18.0 Å². The van der Waals surface area contributed by atoms with Gasteiger partial charge in [0.2, 0.25) is 0 Å². The number of ether oxygens (including phenoxy) is 1. The number of anilines is 1. The molecule has 4 heterocycles. The molecule has 0 saturated carbocycles. The van der Waals surface area contributed by atoms with Crippen LogP contribution in [0.15, 0.2) is 39.9 Å². The summed E-state index contributed by atoms with van der Waals surface area (Å²) in [7, 11) is 0. The van der Waals surface area contributed by atoms with Crippen molar-refractivity contribution in [3.63, 3.8) is 0 Å². The Morgan fingerprint density at radius 1 is 1.30 bits per heavy atom. The molecule has 30 heavy (non-hydrogen) atoms. The van der Waals surface area contributed by atoms with Crippen LogP contribution in [0.3, 0.4) is 0 Å². The summed E-state index contributed by atoms with van der Waals surface area (Å²) >= 11 is 5.81. The smallest absolute Gasteiger partial charge is 0.365 e. The van der Waals surface area contributed by atoms with E-state index < -0.39 is 18.0 Å². The lowest BCUT2D eigenvalue weighted by Gasteiger charge is -2.40. The number of hydrogen-bond acceptors (Lipinski definition) is 7. The molecule has 0 unspecified atom stereocenters. The molecule has 1 aliphatic heterocycles. The highest BCUT2D eigenvalue weighted by atomic mass is 35.5. The van der Waals surface area contributed by atoms with Crippen molar-refractivity contribution in [2.45, 2.75) is 25.9 Å². The van der Waals surface area contributed by atoms with E-state index in [0.717, 1.165) is 0 Å². The van der Waals surface area contributed by atoms with Crippen LogP contribution < -0.4 is 10.5 Å². The minimum atomic E-state index is -4.67. The lowest BCUT2D eigenvalue weighted by atomic mass is 10.1. The molecule has 12 heteroatoms. The predicted molar refractivity (Wildman–Crippen MR) is 100 cm³/mol. The Bertz CT molecular complexity index is 1110. The Balaban J connectivity index is 1.50. The third kappa shape index (κ3) is 4.31. The summed E-state index contributed by atoms with van der Waals surface area (Å²) in [4.78, 5) is 18.1. The fraction of sp³-hybridized carbons (Fsp3) is 0.333. The van der Waals surface area contributed by atoms with E-state index in [-0.39, 0.29) is 19.6 Å². The Morgan fingerprint density at radius 3 is 2.70 bits per heavy atom. The van der Waals surface area contributed by atoms with Crippen LogP contribution in [0.5, 0.6) is 0 Å². The Labute approximate surface area is 172 Å². The van der Waals surface area contributed by atoms with Crippen molar-refractivity contribution < 1.29 is 22.4 Å². The molecule has 8 nitrogen and oxygen atoms in total. The average Bonchev–Trinajstić information content (AvgIpc) is 3.00. The van der Waals surface area contributed by atoms with Crippen LogP contribution in [0.4, 0.5) is 18.9 Å². The lowest BCUT2D eigenvalue weighted by Crippen LogP contribution is -2.54. The van der Waals surface area contributed by atoms with Crippen LogP contribution in [0, 0.1) is 6.92 Å². The van der Waals surface area contributed by atoms with Gasteiger partial charge in [0, 0.05) is 36.5 Å². The highest BCUT2D eigenvalue weighted by molar-refractivity contribution is 6.29. The number of rotatable bonds is 5. The molecule has 3 aromatic heterocycles. The molecule has 0 aromatic carbocycles. The van der Waals surface area contributed by atoms with Gasteiger partial charge < -0.3 is 9.42 Å². The SMILES string of the molecule is Cc1onc(-c2ccc(Cl)nc2)c1Cn1ncc(N2CC(OC(F)(F)F)C2)cc1=O. The molecule has 0 spiro atoms. The van der Waals surface area contributed by atoms with Crippen LogP contribution in [0.25, 0.3) is 11.3 Å². The molecule has 1 fully saturated rings. The molecule has 1 saturated heterocycles. The first kappa shape index (κ1) is 20.4. The average molecular weight is 442 g/mol. The lowest BCUT2D eigenvalue weighted by molar-refractivity contribution is -0.344. The maximum absolute atomic E-state index is 12.5. The van der Waals surface area contributed by atoms with E-state index in [2.05, 4.69) is 20.0 Å². The van der Waals surface area contributed by atoms with Crippen LogP contribution in [0.2, 0.25) is 5.15 Å². The van der Waals surface area contributed by atoms with Crippen molar-refractivity contribution in [3.05, 3.63) is 57.4 Å². The Hall–Kier alpha value is -2.92. The van der Waals surface area contributed by atoms with E-state index in [9.17, 15) is 18.0 Å². The molecule has 0 bridgehead atoms. The second-order valence-corrected chi connectivity index (χ2v) is 7.12. The largest absolute Gasteiger partial charge is 0.522 e. The standard InChI is InChI=1S/C18H15ClF3N5O3/c1-10-14(17(25-30-10)11-2-3-15(19)23-5-11)9-27-16(28)4-12(6-24-27)26-7-13(8-26)29-18(20,21)22/h2-6,13H,7-9H2,1H3. The highest BCUT2D eigenvalue weighted by Crippen LogP contribution is 2.28. The Kier molecular flexibility index (Phi) is 5.24. The van der Waals surface area contributed by atoms with Gasteiger partial charge in [-0.1, -0.05) is 16.8 Å². The summed E-state index contributed by atoms with van der Waals surface area (Å²) in [5.74, 6) is 0.521. The Morgan fingerprint density at radius 2 is 2.07 bits per heavy atom. The minimum absolute atomic E-state index is 0.0309. The summed E-state index contributed by atoms with van der Waals surface area (Å²) in [5, 5.41) is 8.51. The zero-order valence-corrected chi connectivity index (χ0v) is 16.3. The van der Waals surface area contributed by atoms with Gasteiger partial charge in [-0.2, -0.15) is 5.10 Å². The molecule has 0 atom stereocenters. The molecule has 4 rings (SSSR count). The maximum atomic E-state index is 12.5. The van der Waals surface area contributed by atoms with E-state index in [1.54, 1.807) is 30.2 Å². The summed E-state index contributed by atoms with van der Waals surface area (Å²) in [6, 6.07) is 4.68. The van der Waals surface area contributed by atoms with Crippen LogP contribution in [-0.4, -0.2) is 45.5 Å². The first-order valence-corrected chi connectivity index (χ1v) is 9.21. The van der Waals surface area contributed by atoms with Gasteiger partial charge >= 0.3 is 6.36 Å². The van der Waals surface area contributed by atoms with Crippen molar-refractivity contribution in [3.8, 4) is 11.3 Å². The number of aromatic nitrogens is 4. The number of hydrogen-bond donors (Lipinski definition) is 0. The van der Waals surface area contributed by atoms with Crippen LogP contribution in [0.1, 0.15) is 11.3 Å². The second-order valence-electron chi connectivity index (χ2n) is 6.74. The first-order chi connectivity index (χ1) is 14.2. The third-order valence-corrected chi connectivity index (χ3v) is 4.89. The normalized spacial score (nSPS) is 14.8. The number of halogens is 4. The molecule has 3 aromatic rings. The van der Waals surface area contributed by atoms with Gasteiger partial charge in [0.05, 0.1) is 18.4 Å². The number of pyridine rings is 1. The van der Waals surface area contributed by atoms with E-state index in [0.29, 0.717) is 33.4 Å². The highest BCUT2D eigenvalue weighted by Gasteiger charge is 2.39. The predicted octanol–water partition coefficient (Wildman–Crippen LogP) is 3.03. The fourth-order valence-corrected chi connectivity index (χ4v) is 3.21. The van der Waals surface area contributed by atoms with E-state index in [4.69, 9.17) is 16.1 Å². The minimum Gasteiger partial charge on any atom is -0.365 e. The molecule has 1 aliphatic rings. The van der Waals surface area contributed by atoms with Crippen molar-refractivity contribution in [2.24, 2.45) is 0 Å². The molecular weight excluding hydrogens is 427 g/mol. The summed E-state index contributed by atoms with van der Waals surface area (Å²) in [5.41, 5.74) is 1.87. The fourth-order valence-electron chi connectivity index (χ4n) is 3.10. The van der Waals surface area contributed by atoms with Crippen molar-refractivity contribution in [1.29, 1.82) is 0 Å². The third-order valence-electron chi connectivity index (χ3n) is 4.66. The molecule has 158 valence electrons. The van der Waals surface area contributed by atoms with Crippen LogP contribution in [-0.2, 0) is 11.3 Å². The first-order valence-electron chi connectivity index (χ1n) is 8.83. The number of nitrogens with zero attached hydrogens (tertiary/aromatic N) is 5. The van der Waals surface area contributed by atoms with Gasteiger partial charge in [-0.15, -0.1) is 13.2 Å². The summed E-state index contributed by atoms with van der Waals surface area (Å²) in [6.07, 6.45) is -2.65. The summed E-state index contributed by atoms with van der Waals surface area (Å²) < 4.78 is 47.1. The monoisotopic (exact) mass is 441 g/mol. The zero-order chi connectivity index (χ0) is 21.5. The molecular formula is C18H15ClF3N5O3. The molecule has 0 N–H and O–H groups in total. The van der Waals surface area contributed by atoms with Gasteiger partial charge in [-0.3, -0.25) is 9.53 Å². The quantitative estimate of drug-likeness (QED) is 0.562. The zero-order valence-electron chi connectivity index (χ0n) is 15.6. The van der Waals surface area contributed by atoms with Gasteiger partial charge in [0.15, 0.2) is 0 Å². The van der Waals surface area contributed by atoms with Crippen LogP contribution >= 0.6 is 11.6 Å². The maximum Gasteiger partial charge on any atom is 0.522 e. The van der Waals surface area contributed by atoms with E-state index >= 15 is 0 Å². The number of aryl methyl sites for hydroxylation is 1. The number of alkyl halides is 3. The molecule has 0 amide bonds.